The van der Waals surface area contributed by atoms with E-state index < -0.39 is 5.97 Å². The Morgan fingerprint density at radius 1 is 0.429 bits per heavy atom. The van der Waals surface area contributed by atoms with E-state index in [0.29, 0.717) is 12.8 Å². The smallest absolute Gasteiger partial charge is 0.306 e. The van der Waals surface area contributed by atoms with E-state index in [2.05, 4.69) is 13.8 Å². The number of unbranched alkanes of at least 4 members (excludes halogenated alkanes) is 26. The molecule has 0 fully saturated rings. The Hall–Kier alpha value is -1.06. The van der Waals surface area contributed by atoms with Gasteiger partial charge >= 0.3 is 11.9 Å². The Balaban J connectivity index is 3.82. The number of carboxylic acids is 1. The van der Waals surface area contributed by atoms with Crippen LogP contribution in [0, 0.1) is 0 Å². The van der Waals surface area contributed by atoms with Crippen molar-refractivity contribution in [2.24, 2.45) is 0 Å². The molecule has 0 saturated carbocycles. The molecule has 1 unspecified atom stereocenters. The molecule has 0 rings (SSSR count). The Bertz CT molecular complexity index is 561. The van der Waals surface area contributed by atoms with Gasteiger partial charge in [-0.2, -0.15) is 0 Å². The maximum Gasteiger partial charge on any atom is 0.306 e. The van der Waals surface area contributed by atoms with Gasteiger partial charge in [-0.1, -0.05) is 174 Å². The van der Waals surface area contributed by atoms with Gasteiger partial charge in [0.2, 0.25) is 0 Å². The molecule has 0 saturated heterocycles. The van der Waals surface area contributed by atoms with Gasteiger partial charge in [0.05, 0.1) is 0 Å². The van der Waals surface area contributed by atoms with Crippen molar-refractivity contribution in [3.63, 3.8) is 0 Å². The zero-order valence-corrected chi connectivity index (χ0v) is 28.6. The van der Waals surface area contributed by atoms with Crippen LogP contribution in [-0.4, -0.2) is 23.1 Å². The molecule has 1 N–H and O–H groups in total. The van der Waals surface area contributed by atoms with Crippen LogP contribution in [0.3, 0.4) is 0 Å². The van der Waals surface area contributed by atoms with E-state index in [1.54, 1.807) is 0 Å². The van der Waals surface area contributed by atoms with E-state index in [4.69, 9.17) is 9.84 Å². The summed E-state index contributed by atoms with van der Waals surface area (Å²) in [6, 6.07) is 0. The van der Waals surface area contributed by atoms with Crippen molar-refractivity contribution in [2.75, 3.05) is 0 Å². The van der Waals surface area contributed by atoms with Gasteiger partial charge in [0.25, 0.3) is 0 Å². The molecular weight excluding hydrogens is 520 g/mol. The summed E-state index contributed by atoms with van der Waals surface area (Å²) in [5, 5.41) is 8.86. The van der Waals surface area contributed by atoms with Gasteiger partial charge in [-0.15, -0.1) is 0 Å². The molecule has 1 atom stereocenters. The summed E-state index contributed by atoms with van der Waals surface area (Å²) >= 11 is 0. The maximum atomic E-state index is 12.6. The van der Waals surface area contributed by atoms with E-state index in [0.717, 1.165) is 44.9 Å². The second kappa shape index (κ2) is 34.4. The third-order valence-electron chi connectivity index (χ3n) is 8.83. The number of carboxylic acid groups (broad SMARTS) is 1. The highest BCUT2D eigenvalue weighted by Crippen LogP contribution is 2.19. The number of carbonyl (C=O) groups excluding carboxylic acids is 1. The lowest BCUT2D eigenvalue weighted by molar-refractivity contribution is -0.150. The van der Waals surface area contributed by atoms with Crippen molar-refractivity contribution in [3.8, 4) is 0 Å². The molecule has 0 radical (unpaired) electrons. The Morgan fingerprint density at radius 3 is 1.07 bits per heavy atom. The SMILES string of the molecule is CCCCCCCCCCCCCCCCCCCC(=O)OC(CCCCCCCCCCC)CCCCCC(=O)O. The minimum atomic E-state index is -0.721. The van der Waals surface area contributed by atoms with Gasteiger partial charge in [-0.3, -0.25) is 9.59 Å². The second-order valence-corrected chi connectivity index (χ2v) is 13.1. The maximum absolute atomic E-state index is 12.6. The zero-order valence-electron chi connectivity index (χ0n) is 28.6. The van der Waals surface area contributed by atoms with Gasteiger partial charge in [0.15, 0.2) is 0 Å². The molecule has 4 nitrogen and oxygen atoms in total. The summed E-state index contributed by atoms with van der Waals surface area (Å²) in [6.07, 6.45) is 39.8. The number of rotatable bonds is 35. The minimum Gasteiger partial charge on any atom is -0.481 e. The molecular formula is C38H74O4. The largest absolute Gasteiger partial charge is 0.481 e. The lowest BCUT2D eigenvalue weighted by atomic mass is 10.0. The molecule has 0 aliphatic carbocycles. The van der Waals surface area contributed by atoms with E-state index in [-0.39, 0.29) is 18.5 Å². The lowest BCUT2D eigenvalue weighted by Gasteiger charge is -2.18. The van der Waals surface area contributed by atoms with Crippen LogP contribution >= 0.6 is 0 Å². The summed E-state index contributed by atoms with van der Waals surface area (Å²) in [5.41, 5.74) is 0. The van der Waals surface area contributed by atoms with E-state index in [1.165, 1.54) is 148 Å². The van der Waals surface area contributed by atoms with Crippen molar-refractivity contribution in [3.05, 3.63) is 0 Å². The first kappa shape index (κ1) is 40.9. The van der Waals surface area contributed by atoms with Crippen molar-refractivity contribution in [1.29, 1.82) is 0 Å². The normalized spacial score (nSPS) is 12.0. The Morgan fingerprint density at radius 2 is 0.714 bits per heavy atom. The van der Waals surface area contributed by atoms with Gasteiger partial charge in [0, 0.05) is 12.8 Å². The monoisotopic (exact) mass is 595 g/mol. The molecule has 0 amide bonds. The summed E-state index contributed by atoms with van der Waals surface area (Å²) < 4.78 is 5.92. The fourth-order valence-corrected chi connectivity index (χ4v) is 6.01. The quantitative estimate of drug-likeness (QED) is 0.0585. The van der Waals surface area contributed by atoms with Crippen LogP contribution in [0.1, 0.15) is 226 Å². The molecule has 0 spiro atoms. The topological polar surface area (TPSA) is 63.6 Å². The molecule has 250 valence electrons. The molecule has 0 aromatic heterocycles. The van der Waals surface area contributed by atoms with Crippen LogP contribution in [0.4, 0.5) is 0 Å². The molecule has 42 heavy (non-hydrogen) atoms. The lowest BCUT2D eigenvalue weighted by Crippen LogP contribution is -2.18. The molecule has 0 aliphatic rings. The van der Waals surface area contributed by atoms with Crippen LogP contribution in [0.5, 0.6) is 0 Å². The number of ether oxygens (including phenoxy) is 1. The van der Waals surface area contributed by atoms with Crippen LogP contribution < -0.4 is 0 Å². The molecule has 0 aliphatic heterocycles. The number of hydrogen-bond acceptors (Lipinski definition) is 3. The van der Waals surface area contributed by atoms with Crippen molar-refractivity contribution < 1.29 is 19.4 Å². The third kappa shape index (κ3) is 33.4. The highest BCUT2D eigenvalue weighted by Gasteiger charge is 2.14. The van der Waals surface area contributed by atoms with Crippen molar-refractivity contribution in [1.82, 2.24) is 0 Å². The highest BCUT2D eigenvalue weighted by atomic mass is 16.5. The van der Waals surface area contributed by atoms with Crippen LogP contribution in [0.2, 0.25) is 0 Å². The number of hydrogen-bond donors (Lipinski definition) is 1. The molecule has 0 bridgehead atoms. The molecule has 0 aromatic carbocycles. The average molecular weight is 595 g/mol. The Labute approximate surface area is 262 Å². The van der Waals surface area contributed by atoms with Crippen LogP contribution in [0.15, 0.2) is 0 Å². The van der Waals surface area contributed by atoms with Gasteiger partial charge in [-0.05, 0) is 38.5 Å². The van der Waals surface area contributed by atoms with E-state index in [9.17, 15) is 9.59 Å². The fourth-order valence-electron chi connectivity index (χ4n) is 6.01. The number of carbonyl (C=O) groups is 2. The first-order valence-electron chi connectivity index (χ1n) is 19.0. The highest BCUT2D eigenvalue weighted by molar-refractivity contribution is 5.69. The molecule has 0 heterocycles. The predicted octanol–water partition coefficient (Wildman–Crippen LogP) is 12.9. The number of aliphatic carboxylic acids is 1. The van der Waals surface area contributed by atoms with Gasteiger partial charge < -0.3 is 9.84 Å². The summed E-state index contributed by atoms with van der Waals surface area (Å²) in [4.78, 5) is 23.3. The number of esters is 1. The summed E-state index contributed by atoms with van der Waals surface area (Å²) in [6.45, 7) is 4.55. The zero-order chi connectivity index (χ0) is 30.8. The first-order valence-corrected chi connectivity index (χ1v) is 19.0. The summed E-state index contributed by atoms with van der Waals surface area (Å²) in [7, 11) is 0. The predicted molar refractivity (Wildman–Crippen MR) is 181 cm³/mol. The fraction of sp³-hybridized carbons (Fsp3) is 0.947. The minimum absolute atomic E-state index is 0.0117. The van der Waals surface area contributed by atoms with Crippen LogP contribution in [0.25, 0.3) is 0 Å². The van der Waals surface area contributed by atoms with Crippen LogP contribution in [-0.2, 0) is 14.3 Å². The Kier molecular flexibility index (Phi) is 33.6. The van der Waals surface area contributed by atoms with E-state index >= 15 is 0 Å². The third-order valence-corrected chi connectivity index (χ3v) is 8.83. The standard InChI is InChI=1S/C38H74O4/c1-3-5-7-9-11-13-14-15-16-17-18-19-20-22-24-26-31-35-38(41)42-36(33-29-27-30-34-37(39)40)32-28-25-23-21-12-10-8-6-4-2/h36H,3-35H2,1-2H3,(H,39,40). The van der Waals surface area contributed by atoms with E-state index in [1.807, 2.05) is 0 Å². The average Bonchev–Trinajstić information content (AvgIpc) is 2.97. The summed E-state index contributed by atoms with van der Waals surface area (Å²) in [5.74, 6) is -0.746. The molecule has 4 heteroatoms. The van der Waals surface area contributed by atoms with Crippen molar-refractivity contribution >= 4 is 11.9 Å². The van der Waals surface area contributed by atoms with Gasteiger partial charge in [-0.25, -0.2) is 0 Å². The first-order chi connectivity index (χ1) is 20.6. The second-order valence-electron chi connectivity index (χ2n) is 13.1. The molecule has 0 aromatic rings. The van der Waals surface area contributed by atoms with Crippen molar-refractivity contribution in [2.45, 2.75) is 232 Å². The van der Waals surface area contributed by atoms with Gasteiger partial charge in [0.1, 0.15) is 6.10 Å².